The molecule has 1 saturated carbocycles. The van der Waals surface area contributed by atoms with Crippen molar-refractivity contribution in [3.8, 4) is 11.1 Å². The van der Waals surface area contributed by atoms with Crippen molar-refractivity contribution >= 4 is 28.7 Å². The highest BCUT2D eigenvalue weighted by atomic mass is 32.1. The normalized spacial score (nSPS) is 14.3. The van der Waals surface area contributed by atoms with Gasteiger partial charge in [-0.15, -0.1) is 0 Å². The van der Waals surface area contributed by atoms with Crippen LogP contribution in [0, 0.1) is 10.1 Å². The summed E-state index contributed by atoms with van der Waals surface area (Å²) in [6.45, 7) is 0. The zero-order chi connectivity index (χ0) is 16.9. The van der Waals surface area contributed by atoms with E-state index in [4.69, 9.17) is 12.2 Å². The average molecular weight is 341 g/mol. The maximum Gasteiger partial charge on any atom is 0.277 e. The van der Waals surface area contributed by atoms with E-state index in [1.165, 1.54) is 31.7 Å². The van der Waals surface area contributed by atoms with Crippen LogP contribution in [0.1, 0.15) is 25.7 Å². The number of rotatable bonds is 4. The van der Waals surface area contributed by atoms with Gasteiger partial charge in [0, 0.05) is 17.8 Å². The summed E-state index contributed by atoms with van der Waals surface area (Å²) in [5.41, 5.74) is 2.40. The van der Waals surface area contributed by atoms with E-state index < -0.39 is 0 Å². The highest BCUT2D eigenvalue weighted by molar-refractivity contribution is 7.80. The van der Waals surface area contributed by atoms with Crippen molar-refractivity contribution in [1.29, 1.82) is 0 Å². The molecule has 1 fully saturated rings. The molecule has 0 atom stereocenters. The van der Waals surface area contributed by atoms with Gasteiger partial charge < -0.3 is 10.6 Å². The van der Waals surface area contributed by atoms with E-state index in [1.54, 1.807) is 18.2 Å². The first-order chi connectivity index (χ1) is 11.6. The Balaban J connectivity index is 1.69. The van der Waals surface area contributed by atoms with E-state index in [2.05, 4.69) is 10.6 Å². The zero-order valence-corrected chi connectivity index (χ0v) is 14.0. The van der Waals surface area contributed by atoms with Crippen molar-refractivity contribution in [2.75, 3.05) is 5.32 Å². The van der Waals surface area contributed by atoms with E-state index in [9.17, 15) is 10.1 Å². The summed E-state index contributed by atoms with van der Waals surface area (Å²) in [6.07, 6.45) is 4.84. The van der Waals surface area contributed by atoms with Crippen molar-refractivity contribution in [1.82, 2.24) is 5.32 Å². The molecule has 0 amide bonds. The number of nitro groups is 1. The lowest BCUT2D eigenvalue weighted by atomic mass is 10.0. The molecule has 0 unspecified atom stereocenters. The molecule has 0 saturated heterocycles. The molecule has 124 valence electrons. The Labute approximate surface area is 146 Å². The Hall–Kier alpha value is -2.47. The van der Waals surface area contributed by atoms with Gasteiger partial charge in [0.1, 0.15) is 0 Å². The third-order valence-corrected chi connectivity index (χ3v) is 4.46. The summed E-state index contributed by atoms with van der Waals surface area (Å²) in [4.78, 5) is 10.8. The second kappa shape index (κ2) is 7.40. The zero-order valence-electron chi connectivity index (χ0n) is 13.2. The number of nitrogens with one attached hydrogen (secondary N) is 2. The van der Waals surface area contributed by atoms with E-state index >= 15 is 0 Å². The number of hydrogen-bond acceptors (Lipinski definition) is 3. The molecule has 0 spiro atoms. The summed E-state index contributed by atoms with van der Waals surface area (Å²) in [5, 5.41) is 18.3. The monoisotopic (exact) mass is 341 g/mol. The third-order valence-electron chi connectivity index (χ3n) is 4.24. The third kappa shape index (κ3) is 3.89. The van der Waals surface area contributed by atoms with Crippen LogP contribution < -0.4 is 10.6 Å². The molecule has 24 heavy (non-hydrogen) atoms. The van der Waals surface area contributed by atoms with Crippen molar-refractivity contribution < 1.29 is 4.92 Å². The van der Waals surface area contributed by atoms with Gasteiger partial charge in [0.2, 0.25) is 0 Å². The maximum atomic E-state index is 11.1. The first-order valence-corrected chi connectivity index (χ1v) is 8.46. The van der Waals surface area contributed by atoms with Crippen molar-refractivity contribution in [2.24, 2.45) is 0 Å². The number of thiocarbonyl (C=S) groups is 1. The van der Waals surface area contributed by atoms with Gasteiger partial charge in [-0.05, 0) is 48.8 Å². The SMILES string of the molecule is O=[N+]([O-])c1ccccc1-c1ccc(NC(=S)NC2CCCC2)cc1. The number of anilines is 1. The number of para-hydroxylation sites is 1. The minimum atomic E-state index is -0.359. The number of hydrogen-bond donors (Lipinski definition) is 2. The predicted octanol–water partition coefficient (Wildman–Crippen LogP) is 4.49. The number of nitro benzene ring substituents is 1. The summed E-state index contributed by atoms with van der Waals surface area (Å²) in [6, 6.07) is 14.7. The standard InChI is InChI=1S/C18H19N3O2S/c22-21(23)17-8-4-3-7-16(17)13-9-11-15(12-10-13)20-18(24)19-14-5-1-2-6-14/h3-4,7-12,14H,1-2,5-6H2,(H2,19,20,24). The van der Waals surface area contributed by atoms with Gasteiger partial charge in [0.25, 0.3) is 5.69 Å². The van der Waals surface area contributed by atoms with Crippen molar-refractivity contribution in [3.63, 3.8) is 0 Å². The molecule has 0 aliphatic heterocycles. The average Bonchev–Trinajstić information content (AvgIpc) is 3.08. The number of nitrogens with zero attached hydrogens (tertiary/aromatic N) is 1. The smallest absolute Gasteiger partial charge is 0.277 e. The summed E-state index contributed by atoms with van der Waals surface area (Å²) in [7, 11) is 0. The molecule has 0 radical (unpaired) electrons. The second-order valence-corrected chi connectivity index (χ2v) is 6.34. The van der Waals surface area contributed by atoms with Gasteiger partial charge >= 0.3 is 0 Å². The topological polar surface area (TPSA) is 67.2 Å². The van der Waals surface area contributed by atoms with Crippen molar-refractivity contribution in [2.45, 2.75) is 31.7 Å². The summed E-state index contributed by atoms with van der Waals surface area (Å²) in [5.74, 6) is 0. The molecule has 5 nitrogen and oxygen atoms in total. The van der Waals surface area contributed by atoms with Gasteiger partial charge in [-0.3, -0.25) is 10.1 Å². The second-order valence-electron chi connectivity index (χ2n) is 5.93. The van der Waals surface area contributed by atoms with Crippen LogP contribution in [-0.4, -0.2) is 16.1 Å². The van der Waals surface area contributed by atoms with Crippen LogP contribution >= 0.6 is 12.2 Å². The Morgan fingerprint density at radius 3 is 2.42 bits per heavy atom. The molecule has 1 aliphatic rings. The van der Waals surface area contributed by atoms with Gasteiger partial charge in [0.05, 0.1) is 10.5 Å². The lowest BCUT2D eigenvalue weighted by Crippen LogP contribution is -2.35. The quantitative estimate of drug-likeness (QED) is 0.487. The molecule has 0 bridgehead atoms. The van der Waals surface area contributed by atoms with E-state index in [0.717, 1.165) is 11.3 Å². The van der Waals surface area contributed by atoms with Crippen molar-refractivity contribution in [3.05, 3.63) is 58.6 Å². The molecule has 1 aliphatic carbocycles. The minimum Gasteiger partial charge on any atom is -0.360 e. The van der Waals surface area contributed by atoms with E-state index in [-0.39, 0.29) is 10.6 Å². The molecule has 6 heteroatoms. The molecule has 0 heterocycles. The Morgan fingerprint density at radius 1 is 1.08 bits per heavy atom. The molecular formula is C18H19N3O2S. The van der Waals surface area contributed by atoms with Crippen LogP contribution in [0.15, 0.2) is 48.5 Å². The Bertz CT molecular complexity index is 740. The highest BCUT2D eigenvalue weighted by Gasteiger charge is 2.16. The van der Waals surface area contributed by atoms with Crippen LogP contribution in [-0.2, 0) is 0 Å². The molecule has 3 rings (SSSR count). The van der Waals surface area contributed by atoms with Crippen LogP contribution in [0.2, 0.25) is 0 Å². The van der Waals surface area contributed by atoms with E-state index in [1.807, 2.05) is 24.3 Å². The highest BCUT2D eigenvalue weighted by Crippen LogP contribution is 2.30. The molecule has 2 N–H and O–H groups in total. The van der Waals surface area contributed by atoms with Crippen LogP contribution in [0.25, 0.3) is 11.1 Å². The minimum absolute atomic E-state index is 0.108. The molecular weight excluding hydrogens is 322 g/mol. The van der Waals surface area contributed by atoms with Crippen LogP contribution in [0.5, 0.6) is 0 Å². The van der Waals surface area contributed by atoms with Gasteiger partial charge in [0.15, 0.2) is 5.11 Å². The van der Waals surface area contributed by atoms with Gasteiger partial charge in [-0.1, -0.05) is 37.1 Å². The first kappa shape index (κ1) is 16.4. The predicted molar refractivity (Wildman–Crippen MR) is 100 cm³/mol. The molecule has 2 aromatic carbocycles. The Kier molecular flexibility index (Phi) is 5.05. The van der Waals surface area contributed by atoms with Crippen LogP contribution in [0.3, 0.4) is 0 Å². The lowest BCUT2D eigenvalue weighted by Gasteiger charge is -2.16. The fraction of sp³-hybridized carbons (Fsp3) is 0.278. The van der Waals surface area contributed by atoms with E-state index in [0.29, 0.717) is 16.7 Å². The van der Waals surface area contributed by atoms with Gasteiger partial charge in [-0.2, -0.15) is 0 Å². The maximum absolute atomic E-state index is 11.1. The first-order valence-electron chi connectivity index (χ1n) is 8.05. The summed E-state index contributed by atoms with van der Waals surface area (Å²) < 4.78 is 0. The number of benzene rings is 2. The molecule has 2 aromatic rings. The fourth-order valence-electron chi connectivity index (χ4n) is 3.03. The lowest BCUT2D eigenvalue weighted by molar-refractivity contribution is -0.384. The summed E-state index contributed by atoms with van der Waals surface area (Å²) >= 11 is 5.34. The Morgan fingerprint density at radius 2 is 1.75 bits per heavy atom. The largest absolute Gasteiger partial charge is 0.360 e. The molecule has 0 aromatic heterocycles. The van der Waals surface area contributed by atoms with Crippen LogP contribution in [0.4, 0.5) is 11.4 Å². The van der Waals surface area contributed by atoms with Gasteiger partial charge in [-0.25, -0.2) is 0 Å². The fourth-order valence-corrected chi connectivity index (χ4v) is 3.32.